The van der Waals surface area contributed by atoms with Crippen molar-refractivity contribution in [2.75, 3.05) is 25.2 Å². The Morgan fingerprint density at radius 2 is 2.29 bits per heavy atom. The van der Waals surface area contributed by atoms with Gasteiger partial charge in [-0.3, -0.25) is 4.90 Å². The number of anilines is 1. The molecular formula is C11H11NO5. The molecule has 6 nitrogen and oxygen atoms in total. The van der Waals surface area contributed by atoms with Gasteiger partial charge in [0, 0.05) is 0 Å². The van der Waals surface area contributed by atoms with Crippen molar-refractivity contribution >= 4 is 17.7 Å². The molecule has 1 aliphatic rings. The van der Waals surface area contributed by atoms with Crippen LogP contribution in [0.1, 0.15) is 10.4 Å². The SMILES string of the molecule is COc1ccc(C(=O)O)cc1N1CCOC1=O. The van der Waals surface area contributed by atoms with Crippen LogP contribution in [0.5, 0.6) is 5.75 Å². The largest absolute Gasteiger partial charge is 0.495 e. The number of hydrogen-bond acceptors (Lipinski definition) is 4. The first-order valence-electron chi connectivity index (χ1n) is 4.99. The van der Waals surface area contributed by atoms with Crippen LogP contribution in [0.25, 0.3) is 0 Å². The van der Waals surface area contributed by atoms with E-state index in [0.717, 1.165) is 0 Å². The normalized spacial score (nSPS) is 14.6. The van der Waals surface area contributed by atoms with Gasteiger partial charge in [0.1, 0.15) is 12.4 Å². The highest BCUT2D eigenvalue weighted by Gasteiger charge is 2.27. The van der Waals surface area contributed by atoms with Gasteiger partial charge in [0.2, 0.25) is 0 Å². The molecule has 0 bridgehead atoms. The van der Waals surface area contributed by atoms with Crippen LogP contribution in [0.15, 0.2) is 18.2 Å². The number of aromatic carboxylic acids is 1. The molecule has 0 spiro atoms. The van der Waals surface area contributed by atoms with Crippen molar-refractivity contribution in [3.63, 3.8) is 0 Å². The zero-order chi connectivity index (χ0) is 12.4. The monoisotopic (exact) mass is 237 g/mol. The maximum atomic E-state index is 11.4. The number of carboxylic acid groups (broad SMARTS) is 1. The Bertz CT molecular complexity index is 471. The molecular weight excluding hydrogens is 226 g/mol. The summed E-state index contributed by atoms with van der Waals surface area (Å²) >= 11 is 0. The van der Waals surface area contributed by atoms with E-state index in [0.29, 0.717) is 24.6 Å². The molecule has 1 fully saturated rings. The van der Waals surface area contributed by atoms with Crippen LogP contribution in [-0.2, 0) is 4.74 Å². The van der Waals surface area contributed by atoms with Crippen LogP contribution in [0.2, 0.25) is 0 Å². The smallest absolute Gasteiger partial charge is 0.414 e. The standard InChI is InChI=1S/C11H11NO5/c1-16-9-3-2-7(10(13)14)6-8(9)12-4-5-17-11(12)15/h2-3,6H,4-5H2,1H3,(H,13,14). The summed E-state index contributed by atoms with van der Waals surface area (Å²) in [4.78, 5) is 23.7. The average molecular weight is 237 g/mol. The molecule has 6 heteroatoms. The summed E-state index contributed by atoms with van der Waals surface area (Å²) in [5, 5.41) is 8.91. The average Bonchev–Trinajstić information content (AvgIpc) is 2.74. The molecule has 1 aromatic rings. The fraction of sp³-hybridized carbons (Fsp3) is 0.273. The number of carbonyl (C=O) groups is 2. The lowest BCUT2D eigenvalue weighted by atomic mass is 10.1. The number of nitrogens with zero attached hydrogens (tertiary/aromatic N) is 1. The second kappa shape index (κ2) is 4.32. The van der Waals surface area contributed by atoms with Gasteiger partial charge in [0.05, 0.1) is 24.9 Å². The Labute approximate surface area is 97.4 Å². The van der Waals surface area contributed by atoms with Gasteiger partial charge in [-0.05, 0) is 18.2 Å². The second-order valence-electron chi connectivity index (χ2n) is 3.46. The zero-order valence-electron chi connectivity index (χ0n) is 9.17. The van der Waals surface area contributed by atoms with E-state index < -0.39 is 12.1 Å². The van der Waals surface area contributed by atoms with Crippen molar-refractivity contribution in [2.24, 2.45) is 0 Å². The molecule has 1 heterocycles. The van der Waals surface area contributed by atoms with E-state index in [-0.39, 0.29) is 5.56 Å². The molecule has 1 amide bonds. The van der Waals surface area contributed by atoms with E-state index in [4.69, 9.17) is 14.6 Å². The Kier molecular flexibility index (Phi) is 2.86. The highest BCUT2D eigenvalue weighted by Crippen LogP contribution is 2.31. The van der Waals surface area contributed by atoms with Gasteiger partial charge in [-0.25, -0.2) is 9.59 Å². The molecule has 0 radical (unpaired) electrons. The van der Waals surface area contributed by atoms with Gasteiger partial charge in [0.25, 0.3) is 0 Å². The lowest BCUT2D eigenvalue weighted by molar-refractivity contribution is 0.0696. The maximum Gasteiger partial charge on any atom is 0.414 e. The number of cyclic esters (lactones) is 1. The molecule has 0 atom stereocenters. The van der Waals surface area contributed by atoms with Crippen LogP contribution in [0.3, 0.4) is 0 Å². The Morgan fingerprint density at radius 1 is 1.53 bits per heavy atom. The molecule has 1 aliphatic heterocycles. The molecule has 0 saturated carbocycles. The van der Waals surface area contributed by atoms with Crippen molar-refractivity contribution < 1.29 is 24.2 Å². The number of carboxylic acids is 1. The molecule has 17 heavy (non-hydrogen) atoms. The van der Waals surface area contributed by atoms with E-state index in [9.17, 15) is 9.59 Å². The topological polar surface area (TPSA) is 76.1 Å². The summed E-state index contributed by atoms with van der Waals surface area (Å²) < 4.78 is 9.90. The van der Waals surface area contributed by atoms with E-state index in [2.05, 4.69) is 0 Å². The summed E-state index contributed by atoms with van der Waals surface area (Å²) in [6, 6.07) is 4.34. The van der Waals surface area contributed by atoms with Crippen molar-refractivity contribution in [3.05, 3.63) is 23.8 Å². The molecule has 90 valence electrons. The van der Waals surface area contributed by atoms with Crippen molar-refractivity contribution in [1.82, 2.24) is 0 Å². The minimum atomic E-state index is -1.05. The van der Waals surface area contributed by atoms with Crippen LogP contribution in [0, 0.1) is 0 Å². The minimum Gasteiger partial charge on any atom is -0.495 e. The third kappa shape index (κ3) is 2.01. The molecule has 0 aliphatic carbocycles. The van der Waals surface area contributed by atoms with Crippen molar-refractivity contribution in [1.29, 1.82) is 0 Å². The highest BCUT2D eigenvalue weighted by atomic mass is 16.6. The molecule has 2 rings (SSSR count). The summed E-state index contributed by atoms with van der Waals surface area (Å²) in [5.74, 6) is -0.615. The number of rotatable bonds is 3. The third-order valence-corrected chi connectivity index (χ3v) is 2.48. The third-order valence-electron chi connectivity index (χ3n) is 2.48. The van der Waals surface area contributed by atoms with E-state index >= 15 is 0 Å². The van der Waals surface area contributed by atoms with Gasteiger partial charge in [-0.1, -0.05) is 0 Å². The van der Waals surface area contributed by atoms with Crippen LogP contribution in [0.4, 0.5) is 10.5 Å². The first-order valence-corrected chi connectivity index (χ1v) is 4.99. The Balaban J connectivity index is 2.45. The lowest BCUT2D eigenvalue weighted by Gasteiger charge is -2.16. The molecule has 1 saturated heterocycles. The predicted octanol–water partition coefficient (Wildman–Crippen LogP) is 1.35. The van der Waals surface area contributed by atoms with Gasteiger partial charge in [-0.2, -0.15) is 0 Å². The summed E-state index contributed by atoms with van der Waals surface area (Å²) in [5.41, 5.74) is 0.510. The number of amides is 1. The van der Waals surface area contributed by atoms with Crippen LogP contribution in [-0.4, -0.2) is 37.4 Å². The number of ether oxygens (including phenoxy) is 2. The molecule has 0 aromatic heterocycles. The molecule has 1 N–H and O–H groups in total. The van der Waals surface area contributed by atoms with Gasteiger partial charge in [0.15, 0.2) is 0 Å². The number of methoxy groups -OCH3 is 1. The summed E-state index contributed by atoms with van der Waals surface area (Å²) in [7, 11) is 1.46. The number of carbonyl (C=O) groups excluding carboxylic acids is 1. The maximum absolute atomic E-state index is 11.4. The van der Waals surface area contributed by atoms with Crippen molar-refractivity contribution in [2.45, 2.75) is 0 Å². The predicted molar refractivity (Wildman–Crippen MR) is 58.6 cm³/mol. The first kappa shape index (κ1) is 11.3. The number of hydrogen-bond donors (Lipinski definition) is 1. The zero-order valence-corrected chi connectivity index (χ0v) is 9.17. The minimum absolute atomic E-state index is 0.0977. The van der Waals surface area contributed by atoms with Gasteiger partial charge < -0.3 is 14.6 Å². The van der Waals surface area contributed by atoms with E-state index in [1.165, 1.54) is 30.2 Å². The fourth-order valence-corrected chi connectivity index (χ4v) is 1.65. The molecule has 1 aromatic carbocycles. The number of benzene rings is 1. The fourth-order valence-electron chi connectivity index (χ4n) is 1.65. The Morgan fingerprint density at radius 3 is 2.82 bits per heavy atom. The van der Waals surface area contributed by atoms with E-state index in [1.54, 1.807) is 0 Å². The lowest BCUT2D eigenvalue weighted by Crippen LogP contribution is -2.24. The highest BCUT2D eigenvalue weighted by molar-refractivity contribution is 5.95. The van der Waals surface area contributed by atoms with Gasteiger partial charge in [-0.15, -0.1) is 0 Å². The summed E-state index contributed by atoms with van der Waals surface area (Å²) in [6.45, 7) is 0.678. The van der Waals surface area contributed by atoms with Crippen LogP contribution >= 0.6 is 0 Å². The van der Waals surface area contributed by atoms with E-state index in [1.807, 2.05) is 0 Å². The Hall–Kier alpha value is -2.24. The first-order chi connectivity index (χ1) is 8.13. The van der Waals surface area contributed by atoms with Crippen LogP contribution < -0.4 is 9.64 Å². The van der Waals surface area contributed by atoms with Crippen molar-refractivity contribution in [3.8, 4) is 5.75 Å². The van der Waals surface area contributed by atoms with Gasteiger partial charge >= 0.3 is 12.1 Å². The quantitative estimate of drug-likeness (QED) is 0.858. The molecule has 0 unspecified atom stereocenters. The second-order valence-corrected chi connectivity index (χ2v) is 3.46. The summed E-state index contributed by atoms with van der Waals surface area (Å²) in [6.07, 6.45) is -0.495.